The first kappa shape index (κ1) is 36.5. The number of hydrogen-bond donors (Lipinski definition) is 4. The van der Waals surface area contributed by atoms with E-state index in [0.29, 0.717) is 19.1 Å². The number of piperazine rings is 1. The van der Waals surface area contributed by atoms with E-state index in [-0.39, 0.29) is 13.1 Å². The van der Waals surface area contributed by atoms with Crippen LogP contribution in [0.25, 0.3) is 16.6 Å². The van der Waals surface area contributed by atoms with E-state index in [1.165, 1.54) is 6.92 Å². The second kappa shape index (κ2) is 12.3. The minimum atomic E-state index is -5.73. The van der Waals surface area contributed by atoms with Crippen molar-refractivity contribution in [3.63, 3.8) is 0 Å². The SMILES string of the molecule is CC1CN(c2c(F)cc3c(=O)c(C(=O)[Si](C)(C)C)cn(-c4ccc(F)cc4F)c3c2F)CCN1C(=O)OC(C)(P(=O)(O)O)P(=O)(O)O. The molecule has 4 N–H and O–H groups in total. The van der Waals surface area contributed by atoms with Crippen LogP contribution < -0.4 is 10.3 Å². The number of amides is 1. The van der Waals surface area contributed by atoms with Crippen molar-refractivity contribution in [2.24, 2.45) is 0 Å². The van der Waals surface area contributed by atoms with Gasteiger partial charge in [0.15, 0.2) is 11.2 Å². The lowest BCUT2D eigenvalue weighted by molar-refractivity contribution is 0.0464. The number of anilines is 1. The van der Waals surface area contributed by atoms with Crippen LogP contribution in [-0.4, -0.2) is 79.4 Å². The number of aromatic nitrogens is 1. The van der Waals surface area contributed by atoms with Crippen LogP contribution >= 0.6 is 15.2 Å². The van der Waals surface area contributed by atoms with E-state index >= 15 is 13.2 Å². The summed E-state index contributed by atoms with van der Waals surface area (Å²) < 4.78 is 90.3. The molecular weight excluding hydrogens is 692 g/mol. The third-order valence-electron chi connectivity index (χ3n) is 7.79. The predicted octanol–water partition coefficient (Wildman–Crippen LogP) is 4.28. The average molecular weight is 724 g/mol. The third kappa shape index (κ3) is 6.55. The molecule has 1 atom stereocenters. The van der Waals surface area contributed by atoms with E-state index in [4.69, 9.17) is 0 Å². The molecule has 2 heterocycles. The molecule has 47 heavy (non-hydrogen) atoms. The van der Waals surface area contributed by atoms with E-state index in [1.807, 2.05) is 0 Å². The number of nitrogens with zero attached hydrogens (tertiary/aromatic N) is 3. The molecule has 0 radical (unpaired) electrons. The lowest BCUT2D eigenvalue weighted by Crippen LogP contribution is -2.55. The molecule has 4 rings (SSSR count). The standard InChI is InChI=1S/C27H31F4N3O10P2Si/c1-14-12-32(8-9-33(14)26(37)44-27(2,45(38,39)40)46(41,42)43)23-19(30)11-16-22(21(23)31)34(20-7-6-15(28)10-18(20)29)13-17(24(16)35)25(36)47(3,4)5/h6-7,10-11,13-14H,8-9,12H2,1-5H3,(H2,38,39,40)(H2,41,42,43). The molecule has 0 spiro atoms. The summed E-state index contributed by atoms with van der Waals surface area (Å²) in [5.41, 5.74) is -3.23. The number of carbonyl (C=O) groups excluding carboxylic acids is 2. The number of rotatable bonds is 7. The first-order valence-corrected chi connectivity index (χ1v) is 20.6. The summed E-state index contributed by atoms with van der Waals surface area (Å²) in [5, 5.41) is -4.68. The fourth-order valence-electron chi connectivity index (χ4n) is 5.07. The third-order valence-corrected chi connectivity index (χ3v) is 13.3. The topological polar surface area (TPSA) is 187 Å². The van der Waals surface area contributed by atoms with Crippen LogP contribution in [0.15, 0.2) is 35.3 Å². The van der Waals surface area contributed by atoms with E-state index in [0.717, 1.165) is 32.7 Å². The molecule has 1 aliphatic heterocycles. The van der Waals surface area contributed by atoms with E-state index in [2.05, 4.69) is 4.74 Å². The number of pyridine rings is 1. The maximum Gasteiger partial charge on any atom is 0.411 e. The highest BCUT2D eigenvalue weighted by molar-refractivity contribution is 7.72. The molecule has 0 saturated carbocycles. The van der Waals surface area contributed by atoms with Crippen molar-refractivity contribution in [2.45, 2.75) is 44.6 Å². The van der Waals surface area contributed by atoms with Gasteiger partial charge < -0.3 is 38.7 Å². The fourth-order valence-corrected chi connectivity index (χ4v) is 7.81. The smallest absolute Gasteiger partial charge is 0.411 e. The van der Waals surface area contributed by atoms with Crippen LogP contribution in [0, 0.1) is 23.3 Å². The fraction of sp³-hybridized carbons (Fsp3) is 0.370. The van der Waals surface area contributed by atoms with Gasteiger partial charge in [0.2, 0.25) is 0 Å². The molecule has 0 aliphatic carbocycles. The minimum absolute atomic E-state index is 0.358. The van der Waals surface area contributed by atoms with Crippen LogP contribution in [0.2, 0.25) is 19.6 Å². The highest BCUT2D eigenvalue weighted by Crippen LogP contribution is 2.69. The summed E-state index contributed by atoms with van der Waals surface area (Å²) in [6.45, 7) is 5.51. The molecule has 256 valence electrons. The molecular formula is C27H31F4N3O10P2Si. The van der Waals surface area contributed by atoms with Gasteiger partial charge in [0.25, 0.3) is 0 Å². The van der Waals surface area contributed by atoms with Crippen molar-refractivity contribution in [1.29, 1.82) is 0 Å². The van der Waals surface area contributed by atoms with Gasteiger partial charge in [-0.2, -0.15) is 0 Å². The van der Waals surface area contributed by atoms with Gasteiger partial charge in [-0.25, -0.2) is 22.4 Å². The number of fused-ring (bicyclic) bond motifs is 1. The number of halogens is 4. The number of carbonyl (C=O) groups is 2. The summed E-state index contributed by atoms with van der Waals surface area (Å²) in [4.78, 5) is 79.6. The van der Waals surface area contributed by atoms with Crippen molar-refractivity contribution in [2.75, 3.05) is 24.5 Å². The average Bonchev–Trinajstić information content (AvgIpc) is 2.91. The van der Waals surface area contributed by atoms with Gasteiger partial charge in [0.05, 0.1) is 22.2 Å². The highest BCUT2D eigenvalue weighted by atomic mass is 31.2. The van der Waals surface area contributed by atoms with Crippen molar-refractivity contribution in [3.05, 3.63) is 69.5 Å². The van der Waals surface area contributed by atoms with E-state index < -0.39 is 109 Å². The zero-order valence-electron chi connectivity index (χ0n) is 25.6. The highest BCUT2D eigenvalue weighted by Gasteiger charge is 2.61. The van der Waals surface area contributed by atoms with Gasteiger partial charge in [-0.1, -0.05) is 19.6 Å². The lowest BCUT2D eigenvalue weighted by Gasteiger charge is -2.42. The van der Waals surface area contributed by atoms with Gasteiger partial charge in [-0.15, -0.1) is 0 Å². The summed E-state index contributed by atoms with van der Waals surface area (Å²) >= 11 is 0. The van der Waals surface area contributed by atoms with Crippen LogP contribution in [0.4, 0.5) is 28.0 Å². The second-order valence-electron chi connectivity index (χ2n) is 12.2. The van der Waals surface area contributed by atoms with Gasteiger partial charge in [-0.05, 0) is 32.0 Å². The van der Waals surface area contributed by atoms with Gasteiger partial charge in [-0.3, -0.25) is 18.7 Å². The van der Waals surface area contributed by atoms with Gasteiger partial charge in [0.1, 0.15) is 36.6 Å². The quantitative estimate of drug-likeness (QED) is 0.155. The minimum Gasteiger partial charge on any atom is -0.417 e. The molecule has 20 heteroatoms. The zero-order valence-corrected chi connectivity index (χ0v) is 28.4. The van der Waals surface area contributed by atoms with Crippen molar-refractivity contribution >= 4 is 51.4 Å². The predicted molar refractivity (Wildman–Crippen MR) is 164 cm³/mol. The summed E-state index contributed by atoms with van der Waals surface area (Å²) in [5.74, 6) is -4.75. The van der Waals surface area contributed by atoms with Crippen molar-refractivity contribution in [1.82, 2.24) is 9.47 Å². The maximum absolute atomic E-state index is 16.5. The van der Waals surface area contributed by atoms with Crippen LogP contribution in [0.1, 0.15) is 24.2 Å². The van der Waals surface area contributed by atoms with Gasteiger partial charge >= 0.3 is 26.4 Å². The lowest BCUT2D eigenvalue weighted by atomic mass is 10.1. The van der Waals surface area contributed by atoms with Crippen LogP contribution in [0.3, 0.4) is 0 Å². The normalized spacial score (nSPS) is 16.5. The molecule has 1 aromatic heterocycles. The van der Waals surface area contributed by atoms with Crippen LogP contribution in [0.5, 0.6) is 0 Å². The Hall–Kier alpha value is -3.37. The molecule has 2 aromatic carbocycles. The number of benzene rings is 2. The van der Waals surface area contributed by atoms with Crippen molar-refractivity contribution in [3.8, 4) is 5.69 Å². The Kier molecular flexibility index (Phi) is 9.51. The molecule has 1 saturated heterocycles. The Bertz CT molecular complexity index is 1940. The number of hydrogen-bond acceptors (Lipinski definition) is 7. The Morgan fingerprint density at radius 3 is 2.09 bits per heavy atom. The maximum atomic E-state index is 16.5. The first-order chi connectivity index (χ1) is 21.4. The molecule has 3 aromatic rings. The van der Waals surface area contributed by atoms with Gasteiger partial charge in [0, 0.05) is 37.9 Å². The zero-order chi connectivity index (χ0) is 35.6. The summed E-state index contributed by atoms with van der Waals surface area (Å²) in [6, 6.07) is 1.98. The summed E-state index contributed by atoms with van der Waals surface area (Å²) in [6.07, 6.45) is -0.590. The Morgan fingerprint density at radius 2 is 1.57 bits per heavy atom. The van der Waals surface area contributed by atoms with E-state index in [1.54, 1.807) is 19.6 Å². The molecule has 1 fully saturated rings. The molecule has 0 bridgehead atoms. The Morgan fingerprint density at radius 1 is 0.979 bits per heavy atom. The number of ether oxygens (including phenoxy) is 1. The molecule has 1 amide bonds. The van der Waals surface area contributed by atoms with E-state index in [9.17, 15) is 47.5 Å². The monoisotopic (exact) mass is 723 g/mol. The molecule has 1 aliphatic rings. The van der Waals surface area contributed by atoms with Crippen molar-refractivity contribution < 1.29 is 60.6 Å². The Balaban J connectivity index is 1.82. The summed E-state index contributed by atoms with van der Waals surface area (Å²) in [7, 11) is -14.2. The largest absolute Gasteiger partial charge is 0.417 e. The first-order valence-electron chi connectivity index (χ1n) is 13.8. The molecule has 1 unspecified atom stereocenters. The Labute approximate surface area is 265 Å². The van der Waals surface area contributed by atoms with Crippen LogP contribution in [-0.2, 0) is 13.9 Å². The molecule has 13 nitrogen and oxygen atoms in total. The second-order valence-corrected chi connectivity index (χ2v) is 21.4.